The molecule has 1 unspecified atom stereocenters. The first-order valence-corrected chi connectivity index (χ1v) is 8.09. The number of anilines is 1. The SMILES string of the molecule is C=CC(=O)N1CCSCC1C(=O)Nc1ccn2nccc2c1. The molecular weight excluding hydrogens is 300 g/mol. The zero-order valence-corrected chi connectivity index (χ0v) is 12.8. The van der Waals surface area contributed by atoms with Gasteiger partial charge in [-0.3, -0.25) is 9.59 Å². The molecule has 6 nitrogen and oxygen atoms in total. The number of nitrogens with zero attached hydrogens (tertiary/aromatic N) is 3. The van der Waals surface area contributed by atoms with Gasteiger partial charge in [0.1, 0.15) is 6.04 Å². The first-order valence-electron chi connectivity index (χ1n) is 6.94. The summed E-state index contributed by atoms with van der Waals surface area (Å²) < 4.78 is 1.72. The lowest BCUT2D eigenvalue weighted by Gasteiger charge is -2.33. The van der Waals surface area contributed by atoms with Crippen molar-refractivity contribution in [2.24, 2.45) is 0 Å². The zero-order valence-electron chi connectivity index (χ0n) is 11.9. The normalized spacial score (nSPS) is 18.2. The second kappa shape index (κ2) is 6.23. The number of pyridine rings is 1. The number of nitrogens with one attached hydrogen (secondary N) is 1. The van der Waals surface area contributed by atoms with Gasteiger partial charge in [0.25, 0.3) is 0 Å². The van der Waals surface area contributed by atoms with E-state index in [0.29, 0.717) is 18.0 Å². The average Bonchev–Trinajstić information content (AvgIpc) is 3.01. The molecule has 1 N–H and O–H groups in total. The van der Waals surface area contributed by atoms with Crippen molar-refractivity contribution in [3.8, 4) is 0 Å². The van der Waals surface area contributed by atoms with Crippen LogP contribution in [0.25, 0.3) is 5.52 Å². The highest BCUT2D eigenvalue weighted by atomic mass is 32.2. The first-order chi connectivity index (χ1) is 10.7. The van der Waals surface area contributed by atoms with E-state index >= 15 is 0 Å². The molecule has 2 amide bonds. The van der Waals surface area contributed by atoms with Crippen LogP contribution < -0.4 is 5.32 Å². The predicted octanol–water partition coefficient (Wildman–Crippen LogP) is 1.40. The van der Waals surface area contributed by atoms with E-state index in [2.05, 4.69) is 17.0 Å². The Balaban J connectivity index is 1.76. The van der Waals surface area contributed by atoms with Gasteiger partial charge in [0.05, 0.1) is 5.52 Å². The van der Waals surface area contributed by atoms with Crippen molar-refractivity contribution in [1.29, 1.82) is 0 Å². The molecule has 0 bridgehead atoms. The summed E-state index contributed by atoms with van der Waals surface area (Å²) in [5, 5.41) is 6.99. The number of rotatable bonds is 3. The molecule has 3 heterocycles. The average molecular weight is 316 g/mol. The van der Waals surface area contributed by atoms with Crippen molar-refractivity contribution < 1.29 is 9.59 Å². The number of hydrogen-bond donors (Lipinski definition) is 1. The Morgan fingerprint density at radius 3 is 3.14 bits per heavy atom. The molecule has 22 heavy (non-hydrogen) atoms. The number of hydrogen-bond acceptors (Lipinski definition) is 4. The summed E-state index contributed by atoms with van der Waals surface area (Å²) in [5.41, 5.74) is 1.59. The quantitative estimate of drug-likeness (QED) is 0.869. The van der Waals surface area contributed by atoms with Gasteiger partial charge >= 0.3 is 0 Å². The van der Waals surface area contributed by atoms with Gasteiger partial charge in [0.2, 0.25) is 11.8 Å². The van der Waals surface area contributed by atoms with Gasteiger partial charge in [-0.05, 0) is 24.3 Å². The lowest BCUT2D eigenvalue weighted by Crippen LogP contribution is -2.51. The molecular formula is C15H16N4O2S. The van der Waals surface area contributed by atoms with Gasteiger partial charge in [0, 0.05) is 36.1 Å². The molecule has 7 heteroatoms. The molecule has 0 aromatic carbocycles. The largest absolute Gasteiger partial charge is 0.325 e. The van der Waals surface area contributed by atoms with E-state index in [1.54, 1.807) is 39.6 Å². The Morgan fingerprint density at radius 1 is 1.45 bits per heavy atom. The maximum atomic E-state index is 12.5. The maximum absolute atomic E-state index is 12.5. The molecule has 3 rings (SSSR count). The summed E-state index contributed by atoms with van der Waals surface area (Å²) in [6, 6.07) is 5.03. The summed E-state index contributed by atoms with van der Waals surface area (Å²) in [7, 11) is 0. The Kier molecular flexibility index (Phi) is 4.15. The van der Waals surface area contributed by atoms with Crippen LogP contribution in [0.2, 0.25) is 0 Å². The fourth-order valence-electron chi connectivity index (χ4n) is 2.43. The van der Waals surface area contributed by atoms with Crippen LogP contribution in [0.1, 0.15) is 0 Å². The summed E-state index contributed by atoms with van der Waals surface area (Å²) >= 11 is 1.67. The van der Waals surface area contributed by atoms with Crippen molar-refractivity contribution in [1.82, 2.24) is 14.5 Å². The van der Waals surface area contributed by atoms with Crippen LogP contribution in [0, 0.1) is 0 Å². The van der Waals surface area contributed by atoms with E-state index in [0.717, 1.165) is 11.3 Å². The third-order valence-electron chi connectivity index (χ3n) is 3.56. The van der Waals surface area contributed by atoms with Crippen LogP contribution in [-0.2, 0) is 9.59 Å². The summed E-state index contributed by atoms with van der Waals surface area (Å²) in [6.45, 7) is 4.07. The first kappa shape index (κ1) is 14.6. The highest BCUT2D eigenvalue weighted by Crippen LogP contribution is 2.19. The number of carbonyl (C=O) groups excluding carboxylic acids is 2. The second-order valence-electron chi connectivity index (χ2n) is 4.93. The van der Waals surface area contributed by atoms with Crippen LogP contribution in [-0.4, -0.2) is 50.4 Å². The molecule has 114 valence electrons. The van der Waals surface area contributed by atoms with Gasteiger partial charge in [-0.15, -0.1) is 0 Å². The van der Waals surface area contributed by atoms with Crippen molar-refractivity contribution in [3.63, 3.8) is 0 Å². The molecule has 1 saturated heterocycles. The van der Waals surface area contributed by atoms with E-state index in [1.807, 2.05) is 12.1 Å². The fraction of sp³-hybridized carbons (Fsp3) is 0.267. The summed E-state index contributed by atoms with van der Waals surface area (Å²) in [5.74, 6) is 1.06. The minimum Gasteiger partial charge on any atom is -0.325 e. The Morgan fingerprint density at radius 2 is 2.32 bits per heavy atom. The van der Waals surface area contributed by atoms with Crippen LogP contribution in [0.15, 0.2) is 43.2 Å². The smallest absolute Gasteiger partial charge is 0.248 e. The van der Waals surface area contributed by atoms with Crippen LogP contribution in [0.4, 0.5) is 5.69 Å². The number of aromatic nitrogens is 2. The van der Waals surface area contributed by atoms with Crippen molar-refractivity contribution in [2.75, 3.05) is 23.4 Å². The lowest BCUT2D eigenvalue weighted by molar-refractivity contribution is -0.133. The number of amides is 2. The maximum Gasteiger partial charge on any atom is 0.248 e. The second-order valence-corrected chi connectivity index (χ2v) is 6.08. The minimum absolute atomic E-state index is 0.175. The Bertz CT molecular complexity index is 727. The molecule has 0 saturated carbocycles. The van der Waals surface area contributed by atoms with Crippen molar-refractivity contribution in [2.45, 2.75) is 6.04 Å². The van der Waals surface area contributed by atoms with Gasteiger partial charge in [-0.25, -0.2) is 4.52 Å². The molecule has 0 spiro atoms. The van der Waals surface area contributed by atoms with Gasteiger partial charge in [-0.2, -0.15) is 16.9 Å². The van der Waals surface area contributed by atoms with Crippen molar-refractivity contribution >= 4 is 34.8 Å². The molecule has 0 aliphatic carbocycles. The van der Waals surface area contributed by atoms with Crippen LogP contribution >= 0.6 is 11.8 Å². The molecule has 1 atom stereocenters. The van der Waals surface area contributed by atoms with Gasteiger partial charge in [-0.1, -0.05) is 6.58 Å². The Hall–Kier alpha value is -2.28. The van der Waals surface area contributed by atoms with E-state index in [1.165, 1.54) is 6.08 Å². The number of fused-ring (bicyclic) bond motifs is 1. The zero-order chi connectivity index (χ0) is 15.5. The summed E-state index contributed by atoms with van der Waals surface area (Å²) in [6.07, 6.45) is 4.74. The molecule has 1 aliphatic rings. The van der Waals surface area contributed by atoms with Crippen LogP contribution in [0.3, 0.4) is 0 Å². The molecule has 2 aromatic rings. The topological polar surface area (TPSA) is 66.7 Å². The monoisotopic (exact) mass is 316 g/mol. The third-order valence-corrected chi connectivity index (χ3v) is 4.58. The lowest BCUT2D eigenvalue weighted by atomic mass is 10.2. The molecule has 2 aromatic heterocycles. The highest BCUT2D eigenvalue weighted by molar-refractivity contribution is 7.99. The van der Waals surface area contributed by atoms with E-state index < -0.39 is 6.04 Å². The fourth-order valence-corrected chi connectivity index (χ4v) is 3.47. The highest BCUT2D eigenvalue weighted by Gasteiger charge is 2.31. The predicted molar refractivity (Wildman–Crippen MR) is 86.8 cm³/mol. The van der Waals surface area contributed by atoms with Crippen LogP contribution in [0.5, 0.6) is 0 Å². The van der Waals surface area contributed by atoms with E-state index in [4.69, 9.17) is 0 Å². The number of thioether (sulfide) groups is 1. The third kappa shape index (κ3) is 2.85. The molecule has 1 fully saturated rings. The van der Waals surface area contributed by atoms with E-state index in [9.17, 15) is 9.59 Å². The van der Waals surface area contributed by atoms with Gasteiger partial charge < -0.3 is 10.2 Å². The van der Waals surface area contributed by atoms with E-state index in [-0.39, 0.29) is 11.8 Å². The molecule has 1 aliphatic heterocycles. The standard InChI is InChI=1S/C15H16N4O2S/c1-2-14(20)18-7-8-22-10-13(18)15(21)17-11-4-6-19-12(9-11)3-5-16-19/h2-6,9,13H,1,7-8,10H2,(H,17,21). The molecule has 0 radical (unpaired) electrons. The summed E-state index contributed by atoms with van der Waals surface area (Å²) in [4.78, 5) is 26.0. The number of carbonyl (C=O) groups is 2. The van der Waals surface area contributed by atoms with Gasteiger partial charge in [0.15, 0.2) is 0 Å². The Labute approximate surface area is 132 Å². The minimum atomic E-state index is -0.467. The van der Waals surface area contributed by atoms with Crippen molar-refractivity contribution in [3.05, 3.63) is 43.2 Å².